The van der Waals surface area contributed by atoms with E-state index in [1.54, 1.807) is 0 Å². The van der Waals surface area contributed by atoms with E-state index in [0.717, 1.165) is 32.7 Å². The summed E-state index contributed by atoms with van der Waals surface area (Å²) in [5, 5.41) is 0. The molecule has 31 heavy (non-hydrogen) atoms. The van der Waals surface area contributed by atoms with Gasteiger partial charge in [0.15, 0.2) is 0 Å². The maximum Gasteiger partial charge on any atom is 0.0236 e. The van der Waals surface area contributed by atoms with Crippen LogP contribution in [-0.2, 0) is 13.1 Å². The van der Waals surface area contributed by atoms with Crippen LogP contribution in [0.3, 0.4) is 0 Å². The molecule has 1 saturated heterocycles. The third-order valence-corrected chi connectivity index (χ3v) is 6.69. The lowest BCUT2D eigenvalue weighted by atomic mass is 9.98. The molecule has 2 aromatic rings. The molecule has 0 atom stereocenters. The Bertz CT molecular complexity index is 801. The number of nitrogens with zero attached hydrogens (tertiary/aromatic N) is 4. The third kappa shape index (κ3) is 7.43. The van der Waals surface area contributed by atoms with Gasteiger partial charge in [0.25, 0.3) is 0 Å². The predicted molar refractivity (Wildman–Crippen MR) is 134 cm³/mol. The molecule has 170 valence electrons. The molecule has 0 aromatic heterocycles. The van der Waals surface area contributed by atoms with Crippen LogP contribution in [0.25, 0.3) is 11.1 Å². The smallest absolute Gasteiger partial charge is 0.0236 e. The summed E-state index contributed by atoms with van der Waals surface area (Å²) in [5.41, 5.74) is 6.87. The maximum atomic E-state index is 2.61. The Morgan fingerprint density at radius 2 is 1.55 bits per heavy atom. The number of benzene rings is 2. The molecule has 0 unspecified atom stereocenters. The lowest BCUT2D eigenvalue weighted by Crippen LogP contribution is -2.30. The number of aryl methyl sites for hydroxylation is 1. The zero-order valence-electron chi connectivity index (χ0n) is 20.4. The third-order valence-electron chi connectivity index (χ3n) is 6.69. The Hall–Kier alpha value is -1.72. The van der Waals surface area contributed by atoms with Gasteiger partial charge in [-0.15, -0.1) is 0 Å². The van der Waals surface area contributed by atoms with Crippen LogP contribution in [-0.4, -0.2) is 86.6 Å². The van der Waals surface area contributed by atoms with E-state index in [-0.39, 0.29) is 0 Å². The molecule has 3 rings (SSSR count). The van der Waals surface area contributed by atoms with Crippen LogP contribution in [0, 0.1) is 6.92 Å². The lowest BCUT2D eigenvalue weighted by molar-refractivity contribution is 0.258. The van der Waals surface area contributed by atoms with Crippen LogP contribution in [0.5, 0.6) is 0 Å². The van der Waals surface area contributed by atoms with Crippen molar-refractivity contribution < 1.29 is 0 Å². The minimum absolute atomic E-state index is 1.00. The van der Waals surface area contributed by atoms with Gasteiger partial charge in [-0.1, -0.05) is 49.4 Å². The lowest BCUT2D eigenvalue weighted by Gasteiger charge is -2.22. The van der Waals surface area contributed by atoms with Gasteiger partial charge >= 0.3 is 0 Å². The van der Waals surface area contributed by atoms with Crippen molar-refractivity contribution in [2.75, 3.05) is 67.0 Å². The van der Waals surface area contributed by atoms with Crippen LogP contribution in [0.15, 0.2) is 42.5 Å². The van der Waals surface area contributed by atoms with Crippen molar-refractivity contribution in [1.29, 1.82) is 0 Å². The number of hydrogen-bond acceptors (Lipinski definition) is 4. The van der Waals surface area contributed by atoms with E-state index in [1.807, 2.05) is 0 Å². The quantitative estimate of drug-likeness (QED) is 0.601. The fourth-order valence-corrected chi connectivity index (χ4v) is 4.24. The molecule has 0 radical (unpaired) electrons. The fraction of sp³-hybridized carbons (Fsp3) is 0.556. The van der Waals surface area contributed by atoms with Crippen LogP contribution >= 0.6 is 0 Å². The molecule has 0 N–H and O–H groups in total. The molecular formula is C27H42N4. The van der Waals surface area contributed by atoms with Crippen molar-refractivity contribution >= 4 is 0 Å². The molecule has 0 bridgehead atoms. The van der Waals surface area contributed by atoms with Crippen molar-refractivity contribution in [2.45, 2.75) is 33.4 Å². The van der Waals surface area contributed by atoms with Crippen LogP contribution < -0.4 is 0 Å². The number of rotatable bonds is 9. The Labute approximate surface area is 190 Å². The van der Waals surface area contributed by atoms with E-state index in [4.69, 9.17) is 0 Å². The molecule has 1 fully saturated rings. The normalized spacial score (nSPS) is 16.2. The summed E-state index contributed by atoms with van der Waals surface area (Å²) < 4.78 is 0. The van der Waals surface area contributed by atoms with Crippen molar-refractivity contribution in [3.63, 3.8) is 0 Å². The molecule has 4 heteroatoms. The van der Waals surface area contributed by atoms with Crippen molar-refractivity contribution in [3.8, 4) is 11.1 Å². The summed E-state index contributed by atoms with van der Waals surface area (Å²) in [4.78, 5) is 9.81. The maximum absolute atomic E-state index is 2.61. The Morgan fingerprint density at radius 3 is 2.26 bits per heavy atom. The van der Waals surface area contributed by atoms with E-state index in [1.165, 1.54) is 60.4 Å². The first-order valence-electron chi connectivity index (χ1n) is 11.9. The van der Waals surface area contributed by atoms with E-state index in [0.29, 0.717) is 0 Å². The molecule has 0 aliphatic carbocycles. The Morgan fingerprint density at radius 1 is 0.839 bits per heavy atom. The monoisotopic (exact) mass is 422 g/mol. The average Bonchev–Trinajstić information content (AvgIpc) is 2.98. The highest BCUT2D eigenvalue weighted by Gasteiger charge is 2.13. The highest BCUT2D eigenvalue weighted by Crippen LogP contribution is 2.24. The standard InChI is InChI=1S/C27H42N4/c1-6-28(3)16-17-30(5)21-24-8-10-25(11-9-24)26-12-13-27(23(2)20-26)22-31-15-7-14-29(4)18-19-31/h8-13,20H,6-7,14-19,21-22H2,1-5H3. The minimum atomic E-state index is 1.00. The van der Waals surface area contributed by atoms with E-state index in [2.05, 4.69) is 97.1 Å². The van der Waals surface area contributed by atoms with Gasteiger partial charge in [0.1, 0.15) is 0 Å². The summed E-state index contributed by atoms with van der Waals surface area (Å²) in [6.45, 7) is 14.6. The molecule has 4 nitrogen and oxygen atoms in total. The zero-order valence-corrected chi connectivity index (χ0v) is 20.4. The van der Waals surface area contributed by atoms with Crippen molar-refractivity contribution in [2.24, 2.45) is 0 Å². The summed E-state index contributed by atoms with van der Waals surface area (Å²) in [6.07, 6.45) is 1.27. The van der Waals surface area contributed by atoms with E-state index >= 15 is 0 Å². The first-order valence-corrected chi connectivity index (χ1v) is 11.9. The van der Waals surface area contributed by atoms with Crippen LogP contribution in [0.2, 0.25) is 0 Å². The Kier molecular flexibility index (Phi) is 9.09. The van der Waals surface area contributed by atoms with Crippen molar-refractivity contribution in [1.82, 2.24) is 19.6 Å². The summed E-state index contributed by atoms with van der Waals surface area (Å²) in [7, 11) is 6.63. The van der Waals surface area contributed by atoms with Crippen molar-refractivity contribution in [3.05, 3.63) is 59.2 Å². The zero-order chi connectivity index (χ0) is 22.2. The van der Waals surface area contributed by atoms with Gasteiger partial charge in [-0.3, -0.25) is 4.90 Å². The molecule has 0 saturated carbocycles. The van der Waals surface area contributed by atoms with Gasteiger partial charge < -0.3 is 14.7 Å². The summed E-state index contributed by atoms with van der Waals surface area (Å²) >= 11 is 0. The first-order chi connectivity index (χ1) is 14.9. The van der Waals surface area contributed by atoms with Gasteiger partial charge in [0.05, 0.1) is 0 Å². The van der Waals surface area contributed by atoms with Gasteiger partial charge in [-0.2, -0.15) is 0 Å². The van der Waals surface area contributed by atoms with Gasteiger partial charge in [-0.25, -0.2) is 0 Å². The average molecular weight is 423 g/mol. The van der Waals surface area contributed by atoms with E-state index < -0.39 is 0 Å². The molecule has 0 amide bonds. The summed E-state index contributed by atoms with van der Waals surface area (Å²) in [5.74, 6) is 0. The highest BCUT2D eigenvalue weighted by atomic mass is 15.2. The minimum Gasteiger partial charge on any atom is -0.305 e. The topological polar surface area (TPSA) is 13.0 Å². The van der Waals surface area contributed by atoms with E-state index in [9.17, 15) is 0 Å². The number of hydrogen-bond donors (Lipinski definition) is 0. The molecule has 1 aliphatic heterocycles. The molecular weight excluding hydrogens is 380 g/mol. The molecule has 0 spiro atoms. The van der Waals surface area contributed by atoms with Crippen LogP contribution in [0.1, 0.15) is 30.0 Å². The second kappa shape index (κ2) is 11.8. The highest BCUT2D eigenvalue weighted by molar-refractivity contribution is 5.65. The fourth-order valence-electron chi connectivity index (χ4n) is 4.24. The second-order valence-electron chi connectivity index (χ2n) is 9.40. The van der Waals surface area contributed by atoms with Gasteiger partial charge in [0, 0.05) is 39.3 Å². The Balaban J connectivity index is 1.58. The SMILES string of the molecule is CCN(C)CCN(C)Cc1ccc(-c2ccc(CN3CCCN(C)CC3)c(C)c2)cc1. The van der Waals surface area contributed by atoms with Crippen LogP contribution in [0.4, 0.5) is 0 Å². The molecule has 1 heterocycles. The number of likely N-dealkylation sites (N-methyl/N-ethyl adjacent to an activating group) is 3. The molecule has 1 aliphatic rings. The second-order valence-corrected chi connectivity index (χ2v) is 9.40. The largest absolute Gasteiger partial charge is 0.305 e. The summed E-state index contributed by atoms with van der Waals surface area (Å²) in [6, 6.07) is 16.1. The first kappa shape index (κ1) is 23.9. The predicted octanol–water partition coefficient (Wildman–Crippen LogP) is 4.18. The molecule has 2 aromatic carbocycles. The van der Waals surface area contributed by atoms with Gasteiger partial charge in [0.2, 0.25) is 0 Å². The van der Waals surface area contributed by atoms with Gasteiger partial charge in [-0.05, 0) is 81.9 Å².